The zero-order valence-corrected chi connectivity index (χ0v) is 12.6. The highest BCUT2D eigenvalue weighted by atomic mass is 16.7. The van der Waals surface area contributed by atoms with Crippen LogP contribution >= 0.6 is 0 Å². The second-order valence-corrected chi connectivity index (χ2v) is 7.67. The summed E-state index contributed by atoms with van der Waals surface area (Å²) >= 11 is 0. The summed E-state index contributed by atoms with van der Waals surface area (Å²) < 4.78 is 12.0. The lowest BCUT2D eigenvalue weighted by Gasteiger charge is -2.61. The molecule has 0 spiro atoms. The van der Waals surface area contributed by atoms with Crippen molar-refractivity contribution in [2.75, 3.05) is 0 Å². The van der Waals surface area contributed by atoms with Gasteiger partial charge in [-0.15, -0.1) is 0 Å². The average molecular weight is 272 g/mol. The van der Waals surface area contributed by atoms with Gasteiger partial charge >= 0.3 is 7.12 Å². The molecule has 1 aromatic heterocycles. The van der Waals surface area contributed by atoms with Crippen LogP contribution in [0.4, 0.5) is 0 Å². The molecule has 0 unspecified atom stereocenters. The fraction of sp³-hybridized carbons (Fsp3) is 0.733. The lowest BCUT2D eigenvalue weighted by molar-refractivity contribution is -0.0311. The van der Waals surface area contributed by atoms with Gasteiger partial charge in [0.15, 0.2) is 0 Å². The van der Waals surface area contributed by atoms with Crippen LogP contribution in [0.3, 0.4) is 0 Å². The zero-order chi connectivity index (χ0) is 14.2. The van der Waals surface area contributed by atoms with E-state index in [-0.39, 0.29) is 11.2 Å². The highest BCUT2D eigenvalue weighted by Crippen LogP contribution is 2.64. The van der Waals surface area contributed by atoms with Crippen LogP contribution in [0.2, 0.25) is 0 Å². The Morgan fingerprint density at radius 2 is 1.60 bits per heavy atom. The van der Waals surface area contributed by atoms with Gasteiger partial charge in [0.1, 0.15) is 0 Å². The largest absolute Gasteiger partial charge is 0.516 e. The van der Waals surface area contributed by atoms with Crippen LogP contribution in [-0.4, -0.2) is 28.3 Å². The summed E-state index contributed by atoms with van der Waals surface area (Å²) in [5.41, 5.74) is 1.64. The smallest absolute Gasteiger partial charge is 0.398 e. The third kappa shape index (κ3) is 1.56. The van der Waals surface area contributed by atoms with E-state index in [4.69, 9.17) is 9.31 Å². The van der Waals surface area contributed by atoms with Crippen molar-refractivity contribution >= 4 is 12.7 Å². The maximum absolute atomic E-state index is 6.00. The average Bonchev–Trinajstić information content (AvgIpc) is 2.45. The first-order valence-electron chi connectivity index (χ1n) is 7.49. The fourth-order valence-electron chi connectivity index (χ4n) is 3.49. The lowest BCUT2D eigenvalue weighted by Crippen LogP contribution is -2.56. The lowest BCUT2D eigenvalue weighted by atomic mass is 9.43. The molecular formula is C15H21BN2O2. The van der Waals surface area contributed by atoms with E-state index < -0.39 is 7.12 Å². The molecule has 0 radical (unpaired) electrons. The minimum absolute atomic E-state index is 0.328. The van der Waals surface area contributed by atoms with Crippen molar-refractivity contribution in [3.63, 3.8) is 0 Å². The molecule has 20 heavy (non-hydrogen) atoms. The van der Waals surface area contributed by atoms with Crippen LogP contribution < -0.4 is 5.59 Å². The normalized spacial score (nSPS) is 36.4. The van der Waals surface area contributed by atoms with Crippen molar-refractivity contribution in [2.24, 2.45) is 5.92 Å². The van der Waals surface area contributed by atoms with Crippen LogP contribution in [0, 0.1) is 5.92 Å². The van der Waals surface area contributed by atoms with Crippen molar-refractivity contribution in [1.82, 2.24) is 9.97 Å². The van der Waals surface area contributed by atoms with E-state index in [2.05, 4.69) is 37.7 Å². The Morgan fingerprint density at radius 1 is 1.00 bits per heavy atom. The topological polar surface area (TPSA) is 44.2 Å². The number of nitrogens with zero attached hydrogens (tertiary/aromatic N) is 2. The van der Waals surface area contributed by atoms with Crippen molar-refractivity contribution in [1.29, 1.82) is 0 Å². The molecule has 1 aliphatic heterocycles. The molecule has 0 atom stereocenters. The summed E-state index contributed by atoms with van der Waals surface area (Å²) in [5.74, 6) is 0.958. The Kier molecular flexibility index (Phi) is 2.32. The first-order chi connectivity index (χ1) is 9.31. The van der Waals surface area contributed by atoms with Gasteiger partial charge < -0.3 is 9.31 Å². The Labute approximate surface area is 120 Å². The molecule has 3 aliphatic carbocycles. The van der Waals surface area contributed by atoms with Gasteiger partial charge in [-0.1, -0.05) is 0 Å². The van der Waals surface area contributed by atoms with E-state index in [0.29, 0.717) is 5.41 Å². The molecule has 4 fully saturated rings. The summed E-state index contributed by atoms with van der Waals surface area (Å²) in [6.45, 7) is 8.21. The van der Waals surface area contributed by atoms with Gasteiger partial charge in [0, 0.05) is 17.8 Å². The Hall–Kier alpha value is -0.935. The molecule has 1 saturated heterocycles. The van der Waals surface area contributed by atoms with Crippen molar-refractivity contribution < 1.29 is 9.31 Å². The maximum Gasteiger partial charge on any atom is 0.516 e. The molecule has 0 amide bonds. The summed E-state index contributed by atoms with van der Waals surface area (Å²) in [6, 6.07) is 0. The predicted octanol–water partition coefficient (Wildman–Crippen LogP) is 1.83. The molecular weight excluding hydrogens is 251 g/mol. The van der Waals surface area contributed by atoms with Crippen LogP contribution in [0.25, 0.3) is 0 Å². The molecule has 0 aromatic carbocycles. The van der Waals surface area contributed by atoms with Crippen molar-refractivity contribution in [3.05, 3.63) is 18.1 Å². The summed E-state index contributed by atoms with van der Waals surface area (Å²) in [4.78, 5) is 9.18. The number of hydrogen-bond acceptors (Lipinski definition) is 4. The monoisotopic (exact) mass is 272 g/mol. The molecule has 0 N–H and O–H groups in total. The molecule has 3 saturated carbocycles. The van der Waals surface area contributed by atoms with E-state index in [1.54, 1.807) is 0 Å². The third-order valence-corrected chi connectivity index (χ3v) is 5.75. The molecule has 1 aromatic rings. The van der Waals surface area contributed by atoms with Crippen molar-refractivity contribution in [2.45, 2.75) is 63.6 Å². The van der Waals surface area contributed by atoms with Crippen LogP contribution in [0.5, 0.6) is 0 Å². The van der Waals surface area contributed by atoms with Gasteiger partial charge in [-0.2, -0.15) is 0 Å². The number of hydrogen-bond donors (Lipinski definition) is 0. The summed E-state index contributed by atoms with van der Waals surface area (Å²) in [6.07, 6.45) is 7.67. The number of rotatable bonds is 2. The van der Waals surface area contributed by atoms with E-state index in [9.17, 15) is 0 Å². The number of aromatic nitrogens is 2. The predicted molar refractivity (Wildman–Crippen MR) is 76.8 cm³/mol. The zero-order valence-electron chi connectivity index (χ0n) is 12.6. The standard InChI is InChI=1S/C15H21BN2O2/c1-13(2)14(3,4)20-16(19-13)12-9-17-11(8-18-12)15-5-10(6-15)7-15/h8-10H,5-7H2,1-4H3. The van der Waals surface area contributed by atoms with E-state index in [1.807, 2.05) is 12.4 Å². The van der Waals surface area contributed by atoms with Gasteiger partial charge in [-0.05, 0) is 52.9 Å². The SMILES string of the molecule is CC1(C)OB(c2cnc(C34CC(C3)C4)cn2)OC1(C)C. The van der Waals surface area contributed by atoms with Crippen LogP contribution in [0.15, 0.2) is 12.4 Å². The molecule has 5 heteroatoms. The highest BCUT2D eigenvalue weighted by Gasteiger charge is 2.58. The van der Waals surface area contributed by atoms with Gasteiger partial charge in [-0.25, -0.2) is 0 Å². The molecule has 5 rings (SSSR count). The van der Waals surface area contributed by atoms with Crippen LogP contribution in [0.1, 0.15) is 52.7 Å². The van der Waals surface area contributed by atoms with Gasteiger partial charge in [0.2, 0.25) is 0 Å². The molecule has 2 bridgehead atoms. The molecule has 4 aliphatic rings. The maximum atomic E-state index is 6.00. The third-order valence-electron chi connectivity index (χ3n) is 5.75. The second-order valence-electron chi connectivity index (χ2n) is 7.67. The fourth-order valence-corrected chi connectivity index (χ4v) is 3.49. The highest BCUT2D eigenvalue weighted by molar-refractivity contribution is 6.61. The Balaban J connectivity index is 1.55. The first-order valence-corrected chi connectivity index (χ1v) is 7.49. The second kappa shape index (κ2) is 3.63. The molecule has 106 valence electrons. The minimum Gasteiger partial charge on any atom is -0.398 e. The molecule has 2 heterocycles. The minimum atomic E-state index is -0.408. The molecule has 4 nitrogen and oxygen atoms in total. The van der Waals surface area contributed by atoms with E-state index >= 15 is 0 Å². The Morgan fingerprint density at radius 3 is 2.00 bits per heavy atom. The summed E-state index contributed by atoms with van der Waals surface area (Å²) in [7, 11) is -0.408. The van der Waals surface area contributed by atoms with Crippen LogP contribution in [-0.2, 0) is 14.7 Å². The van der Waals surface area contributed by atoms with Gasteiger partial charge in [0.05, 0.1) is 22.5 Å². The van der Waals surface area contributed by atoms with Gasteiger partial charge in [0.25, 0.3) is 0 Å². The first kappa shape index (κ1) is 12.8. The quantitative estimate of drug-likeness (QED) is 0.770. The van der Waals surface area contributed by atoms with E-state index in [0.717, 1.165) is 17.2 Å². The van der Waals surface area contributed by atoms with Crippen molar-refractivity contribution in [3.8, 4) is 0 Å². The van der Waals surface area contributed by atoms with Gasteiger partial charge in [-0.3, -0.25) is 9.97 Å². The Bertz CT molecular complexity index is 522. The van der Waals surface area contributed by atoms with E-state index in [1.165, 1.54) is 19.3 Å². The summed E-state index contributed by atoms with van der Waals surface area (Å²) in [5, 5.41) is 0.